The van der Waals surface area contributed by atoms with E-state index >= 15 is 0 Å². The molecule has 1 unspecified atom stereocenters. The second-order valence-electron chi connectivity index (χ2n) is 8.53. The molecule has 1 aliphatic rings. The number of carbonyl (C=O) groups excluding carboxylic acids is 1. The van der Waals surface area contributed by atoms with Crippen LogP contribution >= 0.6 is 0 Å². The van der Waals surface area contributed by atoms with E-state index in [0.717, 1.165) is 12.3 Å². The van der Waals surface area contributed by atoms with E-state index in [4.69, 9.17) is 0 Å². The molecular weight excluding hydrogens is 461 g/mol. The van der Waals surface area contributed by atoms with Crippen molar-refractivity contribution in [3.8, 4) is 5.69 Å². The maximum atomic E-state index is 13.1. The highest BCUT2D eigenvalue weighted by Crippen LogP contribution is 2.29. The number of pyridine rings is 1. The summed E-state index contributed by atoms with van der Waals surface area (Å²) in [7, 11) is 1.76. The molecule has 1 saturated heterocycles. The molecule has 0 bridgehead atoms. The Morgan fingerprint density at radius 3 is 2.29 bits per heavy atom. The molecule has 1 aliphatic heterocycles. The smallest absolute Gasteiger partial charge is 0.354 e. The van der Waals surface area contributed by atoms with E-state index in [2.05, 4.69) is 10.3 Å². The molecule has 1 N–H and O–H groups in total. The summed E-state index contributed by atoms with van der Waals surface area (Å²) < 4.78 is 41.5. The molecule has 0 saturated carbocycles. The molecular formula is C24H27F3N6O2. The Balaban J connectivity index is 1.40. The van der Waals surface area contributed by atoms with Crippen molar-refractivity contribution in [3.05, 3.63) is 70.3 Å². The third-order valence-electron chi connectivity index (χ3n) is 6.44. The first-order valence-corrected chi connectivity index (χ1v) is 11.2. The van der Waals surface area contributed by atoms with E-state index in [1.165, 1.54) is 10.7 Å². The Morgan fingerprint density at radius 1 is 1.06 bits per heavy atom. The molecule has 0 radical (unpaired) electrons. The van der Waals surface area contributed by atoms with Crippen LogP contribution in [-0.4, -0.2) is 57.4 Å². The average Bonchev–Trinajstić information content (AvgIpc) is 3.06. The van der Waals surface area contributed by atoms with Crippen molar-refractivity contribution < 1.29 is 18.0 Å². The minimum atomic E-state index is -4.42. The third-order valence-corrected chi connectivity index (χ3v) is 6.44. The summed E-state index contributed by atoms with van der Waals surface area (Å²) in [4.78, 5) is 33.9. The van der Waals surface area contributed by atoms with Crippen LogP contribution in [0.3, 0.4) is 0 Å². The molecule has 1 aromatic carbocycles. The first-order valence-electron chi connectivity index (χ1n) is 11.2. The van der Waals surface area contributed by atoms with Gasteiger partial charge in [-0.2, -0.15) is 13.2 Å². The van der Waals surface area contributed by atoms with Crippen molar-refractivity contribution in [1.29, 1.82) is 0 Å². The lowest BCUT2D eigenvalue weighted by atomic mass is 10.2. The topological polar surface area (TPSA) is 75.4 Å². The van der Waals surface area contributed by atoms with Crippen molar-refractivity contribution in [1.82, 2.24) is 19.2 Å². The number of anilines is 2. The van der Waals surface area contributed by atoms with Gasteiger partial charge in [-0.25, -0.2) is 9.67 Å². The first-order chi connectivity index (χ1) is 16.6. The maximum absolute atomic E-state index is 13.1. The molecule has 3 heterocycles. The second-order valence-corrected chi connectivity index (χ2v) is 8.53. The lowest BCUT2D eigenvalue weighted by molar-refractivity contribution is -0.137. The predicted octanol–water partition coefficient (Wildman–Crippen LogP) is 3.05. The first kappa shape index (κ1) is 24.5. The van der Waals surface area contributed by atoms with Crippen LogP contribution in [0.15, 0.2) is 53.5 Å². The number of rotatable bonds is 5. The van der Waals surface area contributed by atoms with Crippen LogP contribution in [-0.2, 0) is 18.0 Å². The van der Waals surface area contributed by atoms with Crippen molar-refractivity contribution in [2.45, 2.75) is 26.1 Å². The van der Waals surface area contributed by atoms with Crippen molar-refractivity contribution in [2.75, 3.05) is 36.4 Å². The fourth-order valence-corrected chi connectivity index (χ4v) is 4.18. The molecule has 186 valence electrons. The highest BCUT2D eigenvalue weighted by Gasteiger charge is 2.32. The summed E-state index contributed by atoms with van der Waals surface area (Å²) in [5.74, 6) is 0.174. The van der Waals surface area contributed by atoms with Crippen LogP contribution in [0.2, 0.25) is 0 Å². The molecule has 0 aliphatic carbocycles. The molecule has 1 amide bonds. The van der Waals surface area contributed by atoms with Crippen LogP contribution < -0.4 is 15.8 Å². The number of carbonyl (C=O) groups is 1. The monoisotopic (exact) mass is 488 g/mol. The lowest BCUT2D eigenvalue weighted by Crippen LogP contribution is -2.53. The molecule has 11 heteroatoms. The number of piperazine rings is 1. The molecule has 8 nitrogen and oxygen atoms in total. The van der Waals surface area contributed by atoms with E-state index in [1.54, 1.807) is 25.6 Å². The summed E-state index contributed by atoms with van der Waals surface area (Å²) >= 11 is 0. The van der Waals surface area contributed by atoms with Crippen molar-refractivity contribution >= 4 is 17.4 Å². The van der Waals surface area contributed by atoms with Gasteiger partial charge in [-0.15, -0.1) is 0 Å². The molecule has 1 fully saturated rings. The fourth-order valence-electron chi connectivity index (χ4n) is 4.18. The summed E-state index contributed by atoms with van der Waals surface area (Å²) in [6.45, 7) is 5.63. The van der Waals surface area contributed by atoms with E-state index < -0.39 is 17.8 Å². The molecule has 1 atom stereocenters. The Bertz CT molecular complexity index is 1240. The van der Waals surface area contributed by atoms with Crippen LogP contribution in [0.5, 0.6) is 0 Å². The van der Waals surface area contributed by atoms with Gasteiger partial charge in [0, 0.05) is 39.4 Å². The standard InChI is InChI=1S/C24H27F3N6O2/c1-16-21(23(35)33(30(16)3)19-7-5-4-6-8-19)29-22(34)17(2)31-11-13-32(14-12-31)20-10-9-18(15-28-20)24(25,26)27/h4-10,15,17H,11-14H2,1-3H3,(H,29,34). The van der Waals surface area contributed by atoms with Gasteiger partial charge in [0.2, 0.25) is 5.91 Å². The normalized spacial score (nSPS) is 15.8. The number of para-hydroxylation sites is 1. The highest BCUT2D eigenvalue weighted by molar-refractivity contribution is 5.95. The van der Waals surface area contributed by atoms with Gasteiger partial charge < -0.3 is 10.2 Å². The number of alkyl halides is 3. The van der Waals surface area contributed by atoms with E-state index in [1.807, 2.05) is 40.1 Å². The van der Waals surface area contributed by atoms with Crippen LogP contribution in [0.25, 0.3) is 5.69 Å². The average molecular weight is 489 g/mol. The summed E-state index contributed by atoms with van der Waals surface area (Å²) in [5, 5.41) is 2.80. The van der Waals surface area contributed by atoms with Crippen LogP contribution in [0.1, 0.15) is 18.2 Å². The molecule has 2 aromatic heterocycles. The largest absolute Gasteiger partial charge is 0.417 e. The van der Waals surface area contributed by atoms with Gasteiger partial charge in [0.05, 0.1) is 23.0 Å². The van der Waals surface area contributed by atoms with Crippen LogP contribution in [0, 0.1) is 6.92 Å². The second kappa shape index (κ2) is 9.57. The molecule has 4 rings (SSSR count). The maximum Gasteiger partial charge on any atom is 0.417 e. The zero-order chi connectivity index (χ0) is 25.3. The van der Waals surface area contributed by atoms with Gasteiger partial charge in [-0.3, -0.25) is 19.2 Å². The summed E-state index contributed by atoms with van der Waals surface area (Å²) in [5.41, 5.74) is 0.477. The van der Waals surface area contributed by atoms with E-state index in [9.17, 15) is 22.8 Å². The predicted molar refractivity (Wildman–Crippen MR) is 127 cm³/mol. The Labute approximate surface area is 200 Å². The molecule has 3 aromatic rings. The highest BCUT2D eigenvalue weighted by atomic mass is 19.4. The van der Waals surface area contributed by atoms with E-state index in [0.29, 0.717) is 43.4 Å². The minimum Gasteiger partial charge on any atom is -0.354 e. The SMILES string of the molecule is Cc1c(NC(=O)C(C)N2CCN(c3ccc(C(F)(F)F)cn3)CC2)c(=O)n(-c2ccccc2)n1C. The zero-order valence-corrected chi connectivity index (χ0v) is 19.7. The van der Waals surface area contributed by atoms with Gasteiger partial charge in [-0.1, -0.05) is 18.2 Å². The number of benzene rings is 1. The van der Waals surface area contributed by atoms with Crippen molar-refractivity contribution in [2.24, 2.45) is 7.05 Å². The lowest BCUT2D eigenvalue weighted by Gasteiger charge is -2.38. The molecule has 35 heavy (non-hydrogen) atoms. The van der Waals surface area contributed by atoms with Crippen LogP contribution in [0.4, 0.5) is 24.7 Å². The van der Waals surface area contributed by atoms with Gasteiger partial charge in [0.1, 0.15) is 11.5 Å². The molecule has 0 spiro atoms. The number of halogens is 3. The van der Waals surface area contributed by atoms with Gasteiger partial charge in [-0.05, 0) is 38.1 Å². The van der Waals surface area contributed by atoms with Gasteiger partial charge in [0.25, 0.3) is 5.56 Å². The van der Waals surface area contributed by atoms with Gasteiger partial charge >= 0.3 is 6.18 Å². The number of nitrogens with zero attached hydrogens (tertiary/aromatic N) is 5. The quantitative estimate of drug-likeness (QED) is 0.598. The Morgan fingerprint density at radius 2 is 1.71 bits per heavy atom. The number of hydrogen-bond acceptors (Lipinski definition) is 5. The summed E-state index contributed by atoms with van der Waals surface area (Å²) in [6.07, 6.45) is -3.59. The fraction of sp³-hybridized carbons (Fsp3) is 0.375. The number of hydrogen-bond donors (Lipinski definition) is 1. The Kier molecular flexibility index (Phi) is 6.70. The Hall–Kier alpha value is -3.60. The number of amides is 1. The summed E-state index contributed by atoms with van der Waals surface area (Å²) in [6, 6.07) is 11.1. The van der Waals surface area contributed by atoms with Gasteiger partial charge in [0.15, 0.2) is 0 Å². The minimum absolute atomic E-state index is 0.237. The van der Waals surface area contributed by atoms with E-state index in [-0.39, 0.29) is 17.2 Å². The zero-order valence-electron chi connectivity index (χ0n) is 19.7. The third kappa shape index (κ3) is 4.95. The number of nitrogens with one attached hydrogen (secondary N) is 1. The van der Waals surface area contributed by atoms with Crippen molar-refractivity contribution in [3.63, 3.8) is 0 Å². The number of aromatic nitrogens is 3.